The molecule has 0 aliphatic rings. The van der Waals surface area contributed by atoms with E-state index in [9.17, 15) is 13.2 Å². The number of anilines is 1. The second-order valence-electron chi connectivity index (χ2n) is 5.14. The molecule has 0 heterocycles. The number of rotatable bonds is 6. The van der Waals surface area contributed by atoms with Crippen molar-refractivity contribution in [3.63, 3.8) is 0 Å². The van der Waals surface area contributed by atoms with Gasteiger partial charge in [0.15, 0.2) is 0 Å². The summed E-state index contributed by atoms with van der Waals surface area (Å²) in [5.74, 6) is -0.0603. The van der Waals surface area contributed by atoms with Gasteiger partial charge in [-0.3, -0.25) is 4.79 Å². The van der Waals surface area contributed by atoms with E-state index in [0.717, 1.165) is 0 Å². The number of hydrogen-bond acceptors (Lipinski definition) is 4. The first-order valence-electron chi connectivity index (χ1n) is 7.15. The van der Waals surface area contributed by atoms with Crippen molar-refractivity contribution in [3.05, 3.63) is 52.5 Å². The lowest BCUT2D eigenvalue weighted by Gasteiger charge is -2.15. The molecule has 0 saturated heterocycles. The molecule has 0 fully saturated rings. The summed E-state index contributed by atoms with van der Waals surface area (Å²) in [7, 11) is -2.37. The number of carbonyl (C=O) groups is 1. The largest absolute Gasteiger partial charge is 0.495 e. The van der Waals surface area contributed by atoms with Gasteiger partial charge in [-0.2, -0.15) is 4.72 Å². The van der Waals surface area contributed by atoms with E-state index >= 15 is 0 Å². The Kier molecular flexibility index (Phi) is 6.29. The zero-order valence-corrected chi connectivity index (χ0v) is 15.7. The summed E-state index contributed by atoms with van der Waals surface area (Å²) in [4.78, 5) is 12.2. The van der Waals surface area contributed by atoms with E-state index in [1.54, 1.807) is 12.1 Å². The monoisotopic (exact) mass is 402 g/mol. The number of carbonyl (C=O) groups excluding carboxylic acids is 1. The van der Waals surface area contributed by atoms with Gasteiger partial charge >= 0.3 is 0 Å². The molecule has 2 rings (SSSR count). The Morgan fingerprint density at radius 1 is 1.12 bits per heavy atom. The number of sulfonamides is 1. The number of nitrogens with one attached hydrogen (secondary N) is 2. The fourth-order valence-electron chi connectivity index (χ4n) is 1.96. The van der Waals surface area contributed by atoms with Gasteiger partial charge in [-0.1, -0.05) is 23.2 Å². The molecular weight excluding hydrogens is 387 g/mol. The van der Waals surface area contributed by atoms with Gasteiger partial charge in [0.25, 0.3) is 0 Å². The molecule has 1 unspecified atom stereocenters. The summed E-state index contributed by atoms with van der Waals surface area (Å²) in [6.07, 6.45) is 0. The molecule has 0 radical (unpaired) electrons. The summed E-state index contributed by atoms with van der Waals surface area (Å²) < 4.78 is 31.9. The van der Waals surface area contributed by atoms with Crippen LogP contribution in [-0.2, 0) is 14.8 Å². The molecular formula is C16H16Cl2N2O4S. The second-order valence-corrected chi connectivity index (χ2v) is 7.69. The number of benzene rings is 2. The number of amides is 1. The molecule has 25 heavy (non-hydrogen) atoms. The molecule has 2 N–H and O–H groups in total. The maximum atomic E-state index is 12.3. The Bertz CT molecular complexity index is 870. The highest BCUT2D eigenvalue weighted by Gasteiger charge is 2.22. The molecule has 6 nitrogen and oxygen atoms in total. The van der Waals surface area contributed by atoms with Crippen LogP contribution in [0.2, 0.25) is 10.0 Å². The summed E-state index contributed by atoms with van der Waals surface area (Å²) in [6.45, 7) is 1.44. The molecule has 2 aromatic carbocycles. The minimum absolute atomic E-state index is 0.0176. The average Bonchev–Trinajstić information content (AvgIpc) is 2.55. The SMILES string of the molecule is COc1ccc(NC(=O)C(C)NS(=O)(=O)c2ccc(Cl)cc2)cc1Cl. The van der Waals surface area contributed by atoms with Gasteiger partial charge < -0.3 is 10.1 Å². The van der Waals surface area contributed by atoms with Crippen molar-refractivity contribution in [2.75, 3.05) is 12.4 Å². The van der Waals surface area contributed by atoms with Crippen LogP contribution < -0.4 is 14.8 Å². The highest BCUT2D eigenvalue weighted by atomic mass is 35.5. The highest BCUT2D eigenvalue weighted by molar-refractivity contribution is 7.89. The maximum Gasteiger partial charge on any atom is 0.242 e. The van der Waals surface area contributed by atoms with Crippen molar-refractivity contribution in [1.82, 2.24) is 4.72 Å². The zero-order chi connectivity index (χ0) is 18.6. The van der Waals surface area contributed by atoms with E-state index in [2.05, 4.69) is 10.0 Å². The Labute approximate surface area is 156 Å². The van der Waals surface area contributed by atoms with Crippen LogP contribution in [0.1, 0.15) is 6.92 Å². The van der Waals surface area contributed by atoms with Crippen LogP contribution in [-0.4, -0.2) is 27.5 Å². The molecule has 0 aromatic heterocycles. The predicted molar refractivity (Wildman–Crippen MR) is 97.9 cm³/mol. The average molecular weight is 403 g/mol. The highest BCUT2D eigenvalue weighted by Crippen LogP contribution is 2.27. The van der Waals surface area contributed by atoms with Crippen LogP contribution in [0.4, 0.5) is 5.69 Å². The summed E-state index contributed by atoms with van der Waals surface area (Å²) in [6, 6.07) is 9.35. The topological polar surface area (TPSA) is 84.5 Å². The smallest absolute Gasteiger partial charge is 0.242 e. The van der Waals surface area contributed by atoms with Gasteiger partial charge in [0.1, 0.15) is 5.75 Å². The van der Waals surface area contributed by atoms with Crippen LogP contribution in [0.25, 0.3) is 0 Å². The van der Waals surface area contributed by atoms with Crippen LogP contribution in [0.5, 0.6) is 5.75 Å². The fourth-order valence-corrected chi connectivity index (χ4v) is 3.55. The van der Waals surface area contributed by atoms with Gasteiger partial charge in [0.05, 0.1) is 23.1 Å². The van der Waals surface area contributed by atoms with E-state index in [1.807, 2.05) is 0 Å². The summed E-state index contributed by atoms with van der Waals surface area (Å²) in [5.41, 5.74) is 0.424. The van der Waals surface area contributed by atoms with E-state index in [-0.39, 0.29) is 4.90 Å². The first-order chi connectivity index (χ1) is 11.7. The normalized spacial score (nSPS) is 12.5. The van der Waals surface area contributed by atoms with E-state index in [4.69, 9.17) is 27.9 Å². The standard InChI is InChI=1S/C16H16Cl2N2O4S/c1-10(20-25(22,23)13-6-3-11(17)4-7-13)16(21)19-12-5-8-15(24-2)14(18)9-12/h3-10,20H,1-2H3,(H,19,21). The number of methoxy groups -OCH3 is 1. The Hall–Kier alpha value is -1.80. The maximum absolute atomic E-state index is 12.3. The minimum atomic E-state index is -3.85. The lowest BCUT2D eigenvalue weighted by Crippen LogP contribution is -2.41. The molecule has 9 heteroatoms. The third-order valence-electron chi connectivity index (χ3n) is 3.27. The number of halogens is 2. The van der Waals surface area contributed by atoms with Gasteiger partial charge in [0.2, 0.25) is 15.9 Å². The Morgan fingerprint density at radius 2 is 1.76 bits per heavy atom. The van der Waals surface area contributed by atoms with Crippen LogP contribution in [0.15, 0.2) is 47.4 Å². The molecule has 134 valence electrons. The fraction of sp³-hybridized carbons (Fsp3) is 0.188. The van der Waals surface area contributed by atoms with Crippen molar-refractivity contribution in [3.8, 4) is 5.75 Å². The molecule has 0 bridgehead atoms. The predicted octanol–water partition coefficient (Wildman–Crippen LogP) is 3.31. The van der Waals surface area contributed by atoms with Gasteiger partial charge in [-0.15, -0.1) is 0 Å². The molecule has 0 saturated carbocycles. The molecule has 1 atom stereocenters. The van der Waals surface area contributed by atoms with Crippen molar-refractivity contribution < 1.29 is 17.9 Å². The van der Waals surface area contributed by atoms with Crippen LogP contribution in [0.3, 0.4) is 0 Å². The third kappa shape index (κ3) is 5.09. The van der Waals surface area contributed by atoms with Crippen LogP contribution in [0, 0.1) is 0 Å². The molecule has 2 aromatic rings. The van der Waals surface area contributed by atoms with E-state index < -0.39 is 22.0 Å². The molecule has 0 spiro atoms. The molecule has 0 aliphatic carbocycles. The molecule has 1 amide bonds. The third-order valence-corrected chi connectivity index (χ3v) is 5.37. The minimum Gasteiger partial charge on any atom is -0.495 e. The number of hydrogen-bond donors (Lipinski definition) is 2. The van der Waals surface area contributed by atoms with Crippen molar-refractivity contribution >= 4 is 44.8 Å². The zero-order valence-electron chi connectivity index (χ0n) is 13.4. The Morgan fingerprint density at radius 3 is 2.32 bits per heavy atom. The second kappa shape index (κ2) is 8.05. The van der Waals surface area contributed by atoms with Crippen molar-refractivity contribution in [2.45, 2.75) is 17.9 Å². The van der Waals surface area contributed by atoms with E-state index in [0.29, 0.717) is 21.5 Å². The molecule has 0 aliphatic heterocycles. The van der Waals surface area contributed by atoms with E-state index in [1.165, 1.54) is 44.4 Å². The number of ether oxygens (including phenoxy) is 1. The summed E-state index contributed by atoms with van der Waals surface area (Å²) >= 11 is 11.7. The van der Waals surface area contributed by atoms with Gasteiger partial charge in [-0.05, 0) is 49.4 Å². The first kappa shape index (κ1) is 19.5. The van der Waals surface area contributed by atoms with Crippen molar-refractivity contribution in [1.29, 1.82) is 0 Å². The van der Waals surface area contributed by atoms with Crippen LogP contribution >= 0.6 is 23.2 Å². The lowest BCUT2D eigenvalue weighted by molar-refractivity contribution is -0.117. The lowest BCUT2D eigenvalue weighted by atomic mass is 10.2. The van der Waals surface area contributed by atoms with Gasteiger partial charge in [-0.25, -0.2) is 8.42 Å². The first-order valence-corrected chi connectivity index (χ1v) is 9.39. The Balaban J connectivity index is 2.07. The van der Waals surface area contributed by atoms with Crippen molar-refractivity contribution in [2.24, 2.45) is 0 Å². The van der Waals surface area contributed by atoms with Gasteiger partial charge in [0, 0.05) is 10.7 Å². The quantitative estimate of drug-likeness (QED) is 0.775. The summed E-state index contributed by atoms with van der Waals surface area (Å²) in [5, 5.41) is 3.34.